The predicted octanol–water partition coefficient (Wildman–Crippen LogP) is 4.11. The molecule has 4 nitrogen and oxygen atoms in total. The first-order chi connectivity index (χ1) is 10.8. The van der Waals surface area contributed by atoms with Gasteiger partial charge >= 0.3 is 0 Å². The number of pyridine rings is 1. The summed E-state index contributed by atoms with van der Waals surface area (Å²) in [6.07, 6.45) is 9.17. The van der Waals surface area contributed by atoms with Gasteiger partial charge in [0.25, 0.3) is 0 Å². The van der Waals surface area contributed by atoms with Crippen molar-refractivity contribution in [3.63, 3.8) is 0 Å². The fourth-order valence-electron chi connectivity index (χ4n) is 2.40. The highest BCUT2D eigenvalue weighted by Crippen LogP contribution is 2.25. The number of fused-ring (bicyclic) bond motifs is 1. The van der Waals surface area contributed by atoms with Crippen molar-refractivity contribution in [3.05, 3.63) is 72.4 Å². The van der Waals surface area contributed by atoms with Crippen LogP contribution < -0.4 is 0 Å². The molecule has 0 amide bonds. The summed E-state index contributed by atoms with van der Waals surface area (Å²) in [7, 11) is 0. The lowest BCUT2D eigenvalue weighted by atomic mass is 10.1. The molecule has 0 aliphatic heterocycles. The molecule has 0 aliphatic rings. The van der Waals surface area contributed by atoms with E-state index in [1.807, 2.05) is 55.0 Å². The van der Waals surface area contributed by atoms with Gasteiger partial charge in [-0.1, -0.05) is 23.7 Å². The maximum absolute atomic E-state index is 5.93. The number of rotatable bonds is 2. The van der Waals surface area contributed by atoms with Gasteiger partial charge in [-0.3, -0.25) is 4.98 Å². The molecule has 0 spiro atoms. The largest absolute Gasteiger partial charge is 0.265 e. The molecule has 0 saturated heterocycles. The summed E-state index contributed by atoms with van der Waals surface area (Å²) >= 11 is 5.93. The van der Waals surface area contributed by atoms with Crippen molar-refractivity contribution in [3.8, 4) is 22.3 Å². The van der Waals surface area contributed by atoms with Crippen LogP contribution >= 0.6 is 11.6 Å². The Morgan fingerprint density at radius 3 is 2.36 bits per heavy atom. The van der Waals surface area contributed by atoms with Crippen LogP contribution in [-0.4, -0.2) is 19.6 Å². The molecular weight excluding hydrogens is 296 g/mol. The van der Waals surface area contributed by atoms with Crippen molar-refractivity contribution in [2.24, 2.45) is 0 Å². The van der Waals surface area contributed by atoms with Crippen LogP contribution in [0, 0.1) is 0 Å². The SMILES string of the molecule is Clc1ccc(-c2cnc3c(-c4ccncc4)cnn3c2)cc1. The molecule has 5 heteroatoms. The van der Waals surface area contributed by atoms with E-state index in [9.17, 15) is 0 Å². The Labute approximate surface area is 132 Å². The van der Waals surface area contributed by atoms with E-state index < -0.39 is 0 Å². The van der Waals surface area contributed by atoms with Crippen LogP contribution in [0.1, 0.15) is 0 Å². The van der Waals surface area contributed by atoms with E-state index >= 15 is 0 Å². The second kappa shape index (κ2) is 5.24. The highest BCUT2D eigenvalue weighted by molar-refractivity contribution is 6.30. The van der Waals surface area contributed by atoms with Gasteiger partial charge in [0.1, 0.15) is 0 Å². The number of nitrogens with zero attached hydrogens (tertiary/aromatic N) is 4. The Hall–Kier alpha value is -2.72. The van der Waals surface area contributed by atoms with Gasteiger partial charge in [-0.25, -0.2) is 9.50 Å². The Kier molecular flexibility index (Phi) is 3.09. The lowest BCUT2D eigenvalue weighted by Gasteiger charge is -2.03. The van der Waals surface area contributed by atoms with Crippen molar-refractivity contribution < 1.29 is 0 Å². The monoisotopic (exact) mass is 306 g/mol. The smallest absolute Gasteiger partial charge is 0.162 e. The van der Waals surface area contributed by atoms with Crippen molar-refractivity contribution >= 4 is 17.2 Å². The maximum atomic E-state index is 5.93. The summed E-state index contributed by atoms with van der Waals surface area (Å²) in [5, 5.41) is 5.13. The zero-order chi connectivity index (χ0) is 14.9. The molecule has 0 unspecified atom stereocenters. The number of halogens is 1. The summed E-state index contributed by atoms with van der Waals surface area (Å²) < 4.78 is 1.79. The van der Waals surface area contributed by atoms with E-state index in [-0.39, 0.29) is 0 Å². The second-order valence-electron chi connectivity index (χ2n) is 4.91. The van der Waals surface area contributed by atoms with E-state index in [4.69, 9.17) is 11.6 Å². The molecule has 0 bridgehead atoms. The molecule has 4 rings (SSSR count). The van der Waals surface area contributed by atoms with Crippen LogP contribution in [0.5, 0.6) is 0 Å². The third-order valence-electron chi connectivity index (χ3n) is 3.53. The van der Waals surface area contributed by atoms with Crippen molar-refractivity contribution in [1.82, 2.24) is 19.6 Å². The van der Waals surface area contributed by atoms with E-state index in [0.29, 0.717) is 0 Å². The van der Waals surface area contributed by atoms with Gasteiger partial charge in [0, 0.05) is 40.9 Å². The Bertz CT molecular complexity index is 930. The van der Waals surface area contributed by atoms with Gasteiger partial charge in [-0.05, 0) is 35.4 Å². The molecule has 0 atom stereocenters. The number of aromatic nitrogens is 4. The van der Waals surface area contributed by atoms with Crippen molar-refractivity contribution in [1.29, 1.82) is 0 Å². The molecule has 22 heavy (non-hydrogen) atoms. The molecule has 0 fully saturated rings. The minimum atomic E-state index is 0.719. The first-order valence-corrected chi connectivity index (χ1v) is 7.19. The molecular formula is C17H11ClN4. The van der Waals surface area contributed by atoms with Crippen LogP contribution in [0.25, 0.3) is 27.9 Å². The molecule has 4 aromatic rings. The molecule has 0 radical (unpaired) electrons. The van der Waals surface area contributed by atoms with E-state index in [0.717, 1.165) is 32.9 Å². The summed E-state index contributed by atoms with van der Waals surface area (Å²) in [5.74, 6) is 0. The lowest BCUT2D eigenvalue weighted by Crippen LogP contribution is -1.92. The molecule has 3 heterocycles. The quantitative estimate of drug-likeness (QED) is 0.559. The third kappa shape index (κ3) is 2.23. The summed E-state index contributed by atoms with van der Waals surface area (Å²) in [6, 6.07) is 11.6. The molecule has 0 N–H and O–H groups in total. The molecule has 1 aromatic carbocycles. The molecule has 3 aromatic heterocycles. The minimum Gasteiger partial charge on any atom is -0.265 e. The summed E-state index contributed by atoms with van der Waals surface area (Å²) in [6.45, 7) is 0. The topological polar surface area (TPSA) is 43.1 Å². The normalized spacial score (nSPS) is 11.0. The average molecular weight is 307 g/mol. The zero-order valence-electron chi connectivity index (χ0n) is 11.5. The van der Waals surface area contributed by atoms with Crippen molar-refractivity contribution in [2.75, 3.05) is 0 Å². The third-order valence-corrected chi connectivity index (χ3v) is 3.78. The standard InChI is InChI=1S/C17H11ClN4/c18-15-3-1-12(2-4-15)14-9-20-17-16(10-21-22(17)11-14)13-5-7-19-8-6-13/h1-11H. The van der Waals surface area contributed by atoms with Gasteiger partial charge in [0.15, 0.2) is 5.65 Å². The fraction of sp³-hybridized carbons (Fsp3) is 0. The fourth-order valence-corrected chi connectivity index (χ4v) is 2.53. The highest BCUT2D eigenvalue weighted by atomic mass is 35.5. The van der Waals surface area contributed by atoms with Gasteiger partial charge in [0.2, 0.25) is 0 Å². The van der Waals surface area contributed by atoms with E-state index in [1.165, 1.54) is 0 Å². The minimum absolute atomic E-state index is 0.719. The predicted molar refractivity (Wildman–Crippen MR) is 86.7 cm³/mol. The molecule has 0 aliphatic carbocycles. The Balaban J connectivity index is 1.82. The first-order valence-electron chi connectivity index (χ1n) is 6.81. The van der Waals surface area contributed by atoms with Gasteiger partial charge in [-0.15, -0.1) is 0 Å². The maximum Gasteiger partial charge on any atom is 0.162 e. The lowest BCUT2D eigenvalue weighted by molar-refractivity contribution is 0.941. The Morgan fingerprint density at radius 1 is 0.818 bits per heavy atom. The average Bonchev–Trinajstić information content (AvgIpc) is 2.99. The molecule has 0 saturated carbocycles. The molecule has 106 valence electrons. The van der Waals surface area contributed by atoms with Crippen LogP contribution in [0.4, 0.5) is 0 Å². The van der Waals surface area contributed by atoms with Gasteiger partial charge in [-0.2, -0.15) is 5.10 Å². The highest BCUT2D eigenvalue weighted by Gasteiger charge is 2.09. The summed E-state index contributed by atoms with van der Waals surface area (Å²) in [5.41, 5.74) is 4.92. The van der Waals surface area contributed by atoms with Crippen LogP contribution in [0.2, 0.25) is 5.02 Å². The first kappa shape index (κ1) is 13.0. The van der Waals surface area contributed by atoms with E-state index in [2.05, 4.69) is 15.1 Å². The van der Waals surface area contributed by atoms with E-state index in [1.54, 1.807) is 16.9 Å². The number of hydrogen-bond donors (Lipinski definition) is 0. The Morgan fingerprint density at radius 2 is 1.59 bits per heavy atom. The zero-order valence-corrected chi connectivity index (χ0v) is 12.3. The number of hydrogen-bond acceptors (Lipinski definition) is 3. The number of benzene rings is 1. The van der Waals surface area contributed by atoms with Gasteiger partial charge in [0.05, 0.1) is 6.20 Å². The van der Waals surface area contributed by atoms with Crippen molar-refractivity contribution in [2.45, 2.75) is 0 Å². The summed E-state index contributed by atoms with van der Waals surface area (Å²) in [4.78, 5) is 8.60. The second-order valence-corrected chi connectivity index (χ2v) is 5.35. The van der Waals surface area contributed by atoms with Crippen LogP contribution in [-0.2, 0) is 0 Å². The van der Waals surface area contributed by atoms with Crippen LogP contribution in [0.15, 0.2) is 67.4 Å². The van der Waals surface area contributed by atoms with Gasteiger partial charge < -0.3 is 0 Å². The van der Waals surface area contributed by atoms with Crippen LogP contribution in [0.3, 0.4) is 0 Å².